The fraction of sp³-hybridized carbons (Fsp3) is 0.231. The first-order valence-corrected chi connectivity index (χ1v) is 6.76. The second-order valence-corrected chi connectivity index (χ2v) is 4.78. The molecule has 0 atom stereocenters. The molecule has 1 N–H and O–H groups in total. The van der Waals surface area contributed by atoms with Crippen molar-refractivity contribution >= 4 is 28.6 Å². The first-order chi connectivity index (χ1) is 7.88. The summed E-state index contributed by atoms with van der Waals surface area (Å²) < 4.78 is 0. The molecule has 0 saturated heterocycles. The van der Waals surface area contributed by atoms with Gasteiger partial charge in [-0.3, -0.25) is 0 Å². The number of rotatable bonds is 5. The Morgan fingerprint density at radius 3 is 2.50 bits per heavy atom. The third-order valence-electron chi connectivity index (χ3n) is 2.41. The molecular formula is C13H14ClNS. The zero-order valence-electron chi connectivity index (χ0n) is 8.95. The molecule has 1 aromatic heterocycles. The van der Waals surface area contributed by atoms with E-state index >= 15 is 0 Å². The van der Waals surface area contributed by atoms with E-state index in [1.807, 2.05) is 0 Å². The topological polar surface area (TPSA) is 12.0 Å². The number of hydrogen-bond acceptors (Lipinski definition) is 2. The molecule has 0 radical (unpaired) electrons. The van der Waals surface area contributed by atoms with Crippen molar-refractivity contribution in [3.8, 4) is 0 Å². The largest absolute Gasteiger partial charge is 0.381 e. The van der Waals surface area contributed by atoms with Crippen molar-refractivity contribution in [2.24, 2.45) is 0 Å². The molecule has 0 amide bonds. The van der Waals surface area contributed by atoms with Gasteiger partial charge in [-0.05, 0) is 46.5 Å². The molecule has 1 nitrogen and oxygen atoms in total. The molecule has 2 rings (SSSR count). The molecule has 0 aliphatic heterocycles. The number of thiophene rings is 1. The molecule has 0 bridgehead atoms. The number of nitrogens with one attached hydrogen (secondary N) is 1. The van der Waals surface area contributed by atoms with Gasteiger partial charge in [0.25, 0.3) is 0 Å². The summed E-state index contributed by atoms with van der Waals surface area (Å²) in [6, 6.07) is 10.6. The molecule has 0 unspecified atom stereocenters. The molecule has 16 heavy (non-hydrogen) atoms. The number of hydrogen-bond donors (Lipinski definition) is 1. The van der Waals surface area contributed by atoms with Crippen LogP contribution in [0.15, 0.2) is 41.1 Å². The van der Waals surface area contributed by atoms with Crippen LogP contribution in [-0.2, 0) is 13.0 Å². The van der Waals surface area contributed by atoms with E-state index < -0.39 is 0 Å². The number of aryl methyl sites for hydroxylation is 1. The van der Waals surface area contributed by atoms with E-state index in [0.29, 0.717) is 5.88 Å². The highest BCUT2D eigenvalue weighted by Gasteiger charge is 1.95. The second kappa shape index (κ2) is 5.92. The van der Waals surface area contributed by atoms with Gasteiger partial charge in [0, 0.05) is 18.1 Å². The molecule has 84 valence electrons. The molecular weight excluding hydrogens is 238 g/mol. The molecule has 0 spiro atoms. The minimum atomic E-state index is 0.682. The Morgan fingerprint density at radius 2 is 1.88 bits per heavy atom. The van der Waals surface area contributed by atoms with Crippen molar-refractivity contribution in [1.29, 1.82) is 0 Å². The van der Waals surface area contributed by atoms with Crippen molar-refractivity contribution in [1.82, 2.24) is 0 Å². The summed E-state index contributed by atoms with van der Waals surface area (Å²) in [5.41, 5.74) is 3.77. The van der Waals surface area contributed by atoms with Gasteiger partial charge in [0.2, 0.25) is 0 Å². The maximum atomic E-state index is 5.69. The summed E-state index contributed by atoms with van der Waals surface area (Å²) in [6.45, 7) is 0.887. The van der Waals surface area contributed by atoms with Crippen LogP contribution in [0, 0.1) is 0 Å². The smallest absolute Gasteiger partial charge is 0.0409 e. The average Bonchev–Trinajstić information content (AvgIpc) is 2.82. The molecule has 0 aliphatic carbocycles. The first kappa shape index (κ1) is 11.5. The van der Waals surface area contributed by atoms with Crippen LogP contribution < -0.4 is 5.32 Å². The summed E-state index contributed by atoms with van der Waals surface area (Å²) in [6.07, 6.45) is 0.937. The summed E-state index contributed by atoms with van der Waals surface area (Å²) in [5, 5.41) is 7.65. The maximum Gasteiger partial charge on any atom is 0.0409 e. The highest BCUT2D eigenvalue weighted by atomic mass is 35.5. The molecule has 3 heteroatoms. The zero-order valence-corrected chi connectivity index (χ0v) is 10.5. The Bertz CT molecular complexity index is 408. The fourth-order valence-electron chi connectivity index (χ4n) is 1.50. The Morgan fingerprint density at radius 1 is 1.06 bits per heavy atom. The van der Waals surface area contributed by atoms with E-state index in [1.165, 1.54) is 11.1 Å². The van der Waals surface area contributed by atoms with E-state index in [1.54, 1.807) is 11.3 Å². The predicted molar refractivity (Wildman–Crippen MR) is 72.5 cm³/mol. The van der Waals surface area contributed by atoms with E-state index in [4.69, 9.17) is 11.6 Å². The molecule has 0 saturated carbocycles. The van der Waals surface area contributed by atoms with Gasteiger partial charge in [-0.1, -0.05) is 12.1 Å². The van der Waals surface area contributed by atoms with Crippen molar-refractivity contribution in [2.45, 2.75) is 13.0 Å². The van der Waals surface area contributed by atoms with Crippen LogP contribution in [0.2, 0.25) is 0 Å². The highest BCUT2D eigenvalue weighted by Crippen LogP contribution is 2.13. The maximum absolute atomic E-state index is 5.69. The molecule has 1 aromatic carbocycles. The summed E-state index contributed by atoms with van der Waals surface area (Å²) >= 11 is 7.42. The lowest BCUT2D eigenvalue weighted by molar-refractivity contribution is 1.13. The summed E-state index contributed by atoms with van der Waals surface area (Å²) in [7, 11) is 0. The van der Waals surface area contributed by atoms with Gasteiger partial charge >= 0.3 is 0 Å². The quantitative estimate of drug-likeness (QED) is 0.788. The lowest BCUT2D eigenvalue weighted by atomic mass is 10.1. The Balaban J connectivity index is 1.90. The second-order valence-electron chi connectivity index (χ2n) is 3.62. The average molecular weight is 252 g/mol. The van der Waals surface area contributed by atoms with Crippen LogP contribution in [0.4, 0.5) is 5.69 Å². The van der Waals surface area contributed by atoms with Gasteiger partial charge in [0.1, 0.15) is 0 Å². The van der Waals surface area contributed by atoms with Crippen LogP contribution >= 0.6 is 22.9 Å². The number of benzene rings is 1. The van der Waals surface area contributed by atoms with Crippen molar-refractivity contribution in [3.63, 3.8) is 0 Å². The van der Waals surface area contributed by atoms with E-state index in [-0.39, 0.29) is 0 Å². The monoisotopic (exact) mass is 251 g/mol. The standard InChI is InChI=1S/C13H14ClNS/c14-7-5-11-1-3-13(4-2-11)15-9-12-6-8-16-10-12/h1-4,6,8,10,15H,5,7,9H2. The van der Waals surface area contributed by atoms with Crippen molar-refractivity contribution in [2.75, 3.05) is 11.2 Å². The van der Waals surface area contributed by atoms with Gasteiger partial charge in [0.15, 0.2) is 0 Å². The fourth-order valence-corrected chi connectivity index (χ4v) is 2.38. The Hall–Kier alpha value is -0.990. The Labute approximate surface area is 105 Å². The Kier molecular flexibility index (Phi) is 4.25. The first-order valence-electron chi connectivity index (χ1n) is 5.28. The zero-order chi connectivity index (χ0) is 11.2. The van der Waals surface area contributed by atoms with Crippen LogP contribution in [0.25, 0.3) is 0 Å². The molecule has 0 aliphatic rings. The number of halogens is 1. The third kappa shape index (κ3) is 3.26. The van der Waals surface area contributed by atoms with Gasteiger partial charge in [-0.15, -0.1) is 11.6 Å². The molecule has 1 heterocycles. The van der Waals surface area contributed by atoms with Crippen molar-refractivity contribution in [3.05, 3.63) is 52.2 Å². The van der Waals surface area contributed by atoms with E-state index in [0.717, 1.165) is 18.7 Å². The lowest BCUT2D eigenvalue weighted by Gasteiger charge is -2.05. The highest BCUT2D eigenvalue weighted by molar-refractivity contribution is 7.07. The normalized spacial score (nSPS) is 10.3. The third-order valence-corrected chi connectivity index (χ3v) is 3.33. The van der Waals surface area contributed by atoms with E-state index in [2.05, 4.69) is 46.4 Å². The van der Waals surface area contributed by atoms with Gasteiger partial charge in [0.05, 0.1) is 0 Å². The minimum Gasteiger partial charge on any atom is -0.381 e. The van der Waals surface area contributed by atoms with Gasteiger partial charge in [-0.2, -0.15) is 11.3 Å². The lowest BCUT2D eigenvalue weighted by Crippen LogP contribution is -1.98. The minimum absolute atomic E-state index is 0.682. The SMILES string of the molecule is ClCCc1ccc(NCc2ccsc2)cc1. The van der Waals surface area contributed by atoms with Crippen LogP contribution in [0.3, 0.4) is 0 Å². The van der Waals surface area contributed by atoms with Gasteiger partial charge < -0.3 is 5.32 Å². The predicted octanol–water partition coefficient (Wildman–Crippen LogP) is 4.14. The van der Waals surface area contributed by atoms with Crippen molar-refractivity contribution < 1.29 is 0 Å². The number of alkyl halides is 1. The summed E-state index contributed by atoms with van der Waals surface area (Å²) in [5.74, 6) is 0.682. The molecule has 2 aromatic rings. The van der Waals surface area contributed by atoms with Crippen LogP contribution in [0.1, 0.15) is 11.1 Å². The summed E-state index contributed by atoms with van der Waals surface area (Å²) in [4.78, 5) is 0. The number of anilines is 1. The van der Waals surface area contributed by atoms with Gasteiger partial charge in [-0.25, -0.2) is 0 Å². The van der Waals surface area contributed by atoms with Crippen LogP contribution in [0.5, 0.6) is 0 Å². The van der Waals surface area contributed by atoms with E-state index in [9.17, 15) is 0 Å². The molecule has 0 fully saturated rings. The van der Waals surface area contributed by atoms with Crippen LogP contribution in [-0.4, -0.2) is 5.88 Å².